The van der Waals surface area contributed by atoms with Gasteiger partial charge in [-0.05, 0) is 79.4 Å². The van der Waals surface area contributed by atoms with Gasteiger partial charge < -0.3 is 5.32 Å². The van der Waals surface area contributed by atoms with E-state index in [2.05, 4.69) is 10.0 Å². The van der Waals surface area contributed by atoms with Crippen LogP contribution in [0, 0.1) is 19.7 Å². The molecule has 0 spiro atoms. The van der Waals surface area contributed by atoms with E-state index < -0.39 is 21.7 Å². The summed E-state index contributed by atoms with van der Waals surface area (Å²) in [5.41, 5.74) is 2.96. The Balaban J connectivity index is 1.73. The molecule has 8 heteroatoms. The van der Waals surface area contributed by atoms with Gasteiger partial charge in [-0.3, -0.25) is 4.79 Å². The summed E-state index contributed by atoms with van der Waals surface area (Å²) in [6, 6.07) is 15.7. The van der Waals surface area contributed by atoms with Gasteiger partial charge in [0, 0.05) is 17.3 Å². The summed E-state index contributed by atoms with van der Waals surface area (Å²) >= 11 is 5.84. The van der Waals surface area contributed by atoms with Gasteiger partial charge in [0.15, 0.2) is 0 Å². The monoisotopic (exact) mass is 460 g/mol. The maximum Gasteiger partial charge on any atom is 0.258 e. The maximum atomic E-state index is 14.3. The number of hydrogen-bond donors (Lipinski definition) is 2. The Morgan fingerprint density at radius 2 is 1.61 bits per heavy atom. The number of halogens is 2. The Morgan fingerprint density at radius 1 is 0.968 bits per heavy atom. The van der Waals surface area contributed by atoms with Crippen molar-refractivity contribution in [3.8, 4) is 0 Å². The molecule has 0 atom stereocenters. The van der Waals surface area contributed by atoms with E-state index in [1.807, 2.05) is 32.0 Å². The summed E-state index contributed by atoms with van der Waals surface area (Å²) < 4.78 is 42.0. The number of rotatable bonds is 7. The van der Waals surface area contributed by atoms with Crippen LogP contribution in [0.5, 0.6) is 0 Å². The van der Waals surface area contributed by atoms with Gasteiger partial charge >= 0.3 is 0 Å². The number of benzene rings is 3. The molecule has 5 nitrogen and oxygen atoms in total. The van der Waals surface area contributed by atoms with Crippen LogP contribution in [0.15, 0.2) is 65.6 Å². The van der Waals surface area contributed by atoms with Crippen LogP contribution in [0.25, 0.3) is 0 Å². The molecule has 3 rings (SSSR count). The number of nitrogens with one attached hydrogen (secondary N) is 2. The molecule has 1 amide bonds. The molecular formula is C23H22ClFN2O3S. The summed E-state index contributed by atoms with van der Waals surface area (Å²) in [5, 5.41) is 3.22. The first-order valence-corrected chi connectivity index (χ1v) is 11.4. The van der Waals surface area contributed by atoms with Gasteiger partial charge in [-0.1, -0.05) is 29.8 Å². The second kappa shape index (κ2) is 9.60. The Morgan fingerprint density at radius 3 is 2.26 bits per heavy atom. The molecule has 0 aliphatic rings. The summed E-state index contributed by atoms with van der Waals surface area (Å²) in [5.74, 6) is -1.53. The highest BCUT2D eigenvalue weighted by molar-refractivity contribution is 7.89. The lowest BCUT2D eigenvalue weighted by Gasteiger charge is -2.11. The number of sulfonamides is 1. The first kappa shape index (κ1) is 22.9. The molecule has 0 bridgehead atoms. The summed E-state index contributed by atoms with van der Waals surface area (Å²) in [4.78, 5) is 12.4. The Hall–Kier alpha value is -2.74. The van der Waals surface area contributed by atoms with Gasteiger partial charge in [-0.25, -0.2) is 17.5 Å². The minimum Gasteiger partial charge on any atom is -0.322 e. The van der Waals surface area contributed by atoms with Crippen molar-refractivity contribution in [2.45, 2.75) is 25.2 Å². The zero-order chi connectivity index (χ0) is 22.6. The fourth-order valence-electron chi connectivity index (χ4n) is 3.15. The zero-order valence-corrected chi connectivity index (χ0v) is 18.6. The van der Waals surface area contributed by atoms with Crippen LogP contribution in [0.4, 0.5) is 10.1 Å². The van der Waals surface area contributed by atoms with E-state index in [0.29, 0.717) is 17.1 Å². The van der Waals surface area contributed by atoms with Crippen molar-refractivity contribution in [2.75, 3.05) is 11.9 Å². The standard InChI is InChI=1S/C23H22ClFN2O3S/c1-15-11-16(2)13-19(12-15)27-23(28)21-14-20(7-8-22(21)25)31(29,30)26-10-9-17-3-5-18(24)6-4-17/h3-8,11-14,26H,9-10H2,1-2H3,(H,27,28). The quantitative estimate of drug-likeness (QED) is 0.528. The van der Waals surface area contributed by atoms with Crippen molar-refractivity contribution in [1.82, 2.24) is 4.72 Å². The van der Waals surface area contributed by atoms with Crippen molar-refractivity contribution in [3.63, 3.8) is 0 Å². The molecule has 0 fully saturated rings. The molecule has 2 N–H and O–H groups in total. The van der Waals surface area contributed by atoms with Crippen LogP contribution in [0.3, 0.4) is 0 Å². The largest absolute Gasteiger partial charge is 0.322 e. The van der Waals surface area contributed by atoms with Gasteiger partial charge in [-0.15, -0.1) is 0 Å². The molecule has 162 valence electrons. The van der Waals surface area contributed by atoms with Crippen LogP contribution in [0.2, 0.25) is 5.02 Å². The molecule has 3 aromatic rings. The van der Waals surface area contributed by atoms with Crippen LogP contribution in [-0.2, 0) is 16.4 Å². The van der Waals surface area contributed by atoms with Crippen LogP contribution < -0.4 is 10.0 Å². The second-order valence-corrected chi connectivity index (χ2v) is 9.45. The summed E-state index contributed by atoms with van der Waals surface area (Å²) in [6.45, 7) is 3.91. The lowest BCUT2D eigenvalue weighted by molar-refractivity contribution is 0.102. The van der Waals surface area contributed by atoms with Crippen molar-refractivity contribution in [2.24, 2.45) is 0 Å². The molecule has 0 saturated carbocycles. The van der Waals surface area contributed by atoms with Gasteiger partial charge in [-0.2, -0.15) is 0 Å². The molecule has 0 saturated heterocycles. The number of hydrogen-bond acceptors (Lipinski definition) is 3. The highest BCUT2D eigenvalue weighted by atomic mass is 35.5. The van der Waals surface area contributed by atoms with E-state index in [9.17, 15) is 17.6 Å². The van der Waals surface area contributed by atoms with E-state index in [4.69, 9.17) is 11.6 Å². The van der Waals surface area contributed by atoms with Gasteiger partial charge in [0.1, 0.15) is 5.82 Å². The van der Waals surface area contributed by atoms with Crippen molar-refractivity contribution < 1.29 is 17.6 Å². The first-order valence-electron chi connectivity index (χ1n) is 9.57. The van der Waals surface area contributed by atoms with Gasteiger partial charge in [0.05, 0.1) is 10.5 Å². The summed E-state index contributed by atoms with van der Waals surface area (Å²) in [6.07, 6.45) is 0.456. The first-order chi connectivity index (χ1) is 14.6. The topological polar surface area (TPSA) is 75.3 Å². The molecule has 0 radical (unpaired) electrons. The molecule has 0 aromatic heterocycles. The number of carbonyl (C=O) groups is 1. The van der Waals surface area contributed by atoms with E-state index in [-0.39, 0.29) is 17.0 Å². The Bertz CT molecular complexity index is 1190. The van der Waals surface area contributed by atoms with E-state index >= 15 is 0 Å². The number of aryl methyl sites for hydroxylation is 2. The Labute approximate surface area is 186 Å². The molecule has 0 aliphatic carbocycles. The van der Waals surface area contributed by atoms with E-state index in [0.717, 1.165) is 34.9 Å². The van der Waals surface area contributed by atoms with Crippen molar-refractivity contribution in [3.05, 3.63) is 93.8 Å². The van der Waals surface area contributed by atoms with Crippen LogP contribution >= 0.6 is 11.6 Å². The second-order valence-electron chi connectivity index (χ2n) is 7.25. The van der Waals surface area contributed by atoms with Crippen LogP contribution in [-0.4, -0.2) is 20.9 Å². The van der Waals surface area contributed by atoms with E-state index in [1.165, 1.54) is 0 Å². The summed E-state index contributed by atoms with van der Waals surface area (Å²) in [7, 11) is -3.92. The Kier molecular flexibility index (Phi) is 7.10. The minimum absolute atomic E-state index is 0.144. The fraction of sp³-hybridized carbons (Fsp3) is 0.174. The average molecular weight is 461 g/mol. The molecule has 0 aliphatic heterocycles. The van der Waals surface area contributed by atoms with Gasteiger partial charge in [0.25, 0.3) is 5.91 Å². The normalized spacial score (nSPS) is 11.4. The molecule has 0 unspecified atom stereocenters. The third-order valence-corrected chi connectivity index (χ3v) is 6.30. The predicted octanol–water partition coefficient (Wildman–Crippen LogP) is 4.87. The highest BCUT2D eigenvalue weighted by Crippen LogP contribution is 2.19. The smallest absolute Gasteiger partial charge is 0.258 e. The third kappa shape index (κ3) is 6.13. The zero-order valence-electron chi connectivity index (χ0n) is 17.1. The molecule has 31 heavy (non-hydrogen) atoms. The SMILES string of the molecule is Cc1cc(C)cc(NC(=O)c2cc(S(=O)(=O)NCCc3ccc(Cl)cc3)ccc2F)c1. The third-order valence-electron chi connectivity index (χ3n) is 4.59. The molecular weight excluding hydrogens is 439 g/mol. The number of anilines is 1. The minimum atomic E-state index is -3.92. The lowest BCUT2D eigenvalue weighted by atomic mass is 10.1. The maximum absolute atomic E-state index is 14.3. The number of carbonyl (C=O) groups excluding carboxylic acids is 1. The molecule has 3 aromatic carbocycles. The average Bonchev–Trinajstić information content (AvgIpc) is 2.68. The molecule has 0 heterocycles. The highest BCUT2D eigenvalue weighted by Gasteiger charge is 2.19. The van der Waals surface area contributed by atoms with Gasteiger partial charge in [0.2, 0.25) is 10.0 Å². The number of amides is 1. The van der Waals surface area contributed by atoms with Crippen LogP contribution in [0.1, 0.15) is 27.0 Å². The predicted molar refractivity (Wildman–Crippen MR) is 121 cm³/mol. The van der Waals surface area contributed by atoms with Crippen molar-refractivity contribution in [1.29, 1.82) is 0 Å². The van der Waals surface area contributed by atoms with E-state index in [1.54, 1.807) is 24.3 Å². The lowest BCUT2D eigenvalue weighted by Crippen LogP contribution is -2.26. The fourth-order valence-corrected chi connectivity index (χ4v) is 4.34. The van der Waals surface area contributed by atoms with Crippen molar-refractivity contribution >= 4 is 33.2 Å².